The van der Waals surface area contributed by atoms with Gasteiger partial charge in [0.25, 0.3) is 5.91 Å². The quantitative estimate of drug-likeness (QED) is 0.561. The highest BCUT2D eigenvalue weighted by Crippen LogP contribution is 2.26. The fourth-order valence-electron chi connectivity index (χ4n) is 2.26. The number of rotatable bonds is 5. The largest absolute Gasteiger partial charge is 0.487 e. The Kier molecular flexibility index (Phi) is 4.41. The molecule has 2 aromatic carbocycles. The second-order valence-electron chi connectivity index (χ2n) is 5.23. The summed E-state index contributed by atoms with van der Waals surface area (Å²) in [6, 6.07) is 14.8. The fourth-order valence-corrected chi connectivity index (χ4v) is 3.67. The molecular weight excluding hydrogens is 354 g/mol. The number of hydrogen-bond donors (Lipinski definition) is 1. The van der Waals surface area contributed by atoms with Gasteiger partial charge in [-0.05, 0) is 36.4 Å². The number of ether oxygens (including phenoxy) is 1. The van der Waals surface area contributed by atoms with Crippen LogP contribution in [-0.4, -0.2) is 15.9 Å². The molecule has 124 valence electrons. The summed E-state index contributed by atoms with van der Waals surface area (Å²) in [7, 11) is 0. The minimum atomic E-state index is -0.190. The van der Waals surface area contributed by atoms with Gasteiger partial charge in [0.2, 0.25) is 0 Å². The molecule has 0 spiro atoms. The van der Waals surface area contributed by atoms with Crippen LogP contribution in [0.25, 0.3) is 10.2 Å². The average molecular weight is 367 g/mol. The predicted octanol–water partition coefficient (Wildman–Crippen LogP) is 4.58. The van der Waals surface area contributed by atoms with Gasteiger partial charge in [-0.2, -0.15) is 0 Å². The first-order valence-electron chi connectivity index (χ1n) is 7.55. The molecule has 4 aromatic rings. The Morgan fingerprint density at radius 1 is 1.12 bits per heavy atom. The fraction of sp³-hybridized carbons (Fsp3) is 0.0556. The van der Waals surface area contributed by atoms with Crippen LogP contribution in [0.1, 0.15) is 16.1 Å². The number of amides is 1. The number of aromatic nitrogens is 2. The number of para-hydroxylation sites is 1. The molecule has 4 rings (SSSR count). The maximum Gasteiger partial charge on any atom is 0.257 e. The summed E-state index contributed by atoms with van der Waals surface area (Å²) in [5.41, 5.74) is 4.10. The third kappa shape index (κ3) is 3.67. The second kappa shape index (κ2) is 7.00. The Morgan fingerprint density at radius 2 is 1.96 bits per heavy atom. The van der Waals surface area contributed by atoms with E-state index >= 15 is 0 Å². The Bertz CT molecular complexity index is 962. The van der Waals surface area contributed by atoms with E-state index in [0.29, 0.717) is 23.1 Å². The Labute approximate surface area is 152 Å². The maximum atomic E-state index is 12.4. The number of benzene rings is 2. The van der Waals surface area contributed by atoms with E-state index in [1.165, 1.54) is 22.7 Å². The molecule has 0 aliphatic rings. The van der Waals surface area contributed by atoms with Crippen LogP contribution < -0.4 is 10.1 Å². The summed E-state index contributed by atoms with van der Waals surface area (Å²) >= 11 is 2.99. The molecular formula is C18H13N3O2S2. The van der Waals surface area contributed by atoms with Crippen LogP contribution in [0.4, 0.5) is 5.13 Å². The van der Waals surface area contributed by atoms with Crippen molar-refractivity contribution < 1.29 is 9.53 Å². The minimum Gasteiger partial charge on any atom is -0.487 e. The summed E-state index contributed by atoms with van der Waals surface area (Å²) in [6.07, 6.45) is 0. The predicted molar refractivity (Wildman–Crippen MR) is 100 cm³/mol. The molecule has 0 bridgehead atoms. The van der Waals surface area contributed by atoms with Gasteiger partial charge in [0.05, 0.1) is 21.4 Å². The SMILES string of the molecule is O=C(Nc1nc2ccccc2s1)c1ccc(OCc2cscn2)cc1. The van der Waals surface area contributed by atoms with Crippen molar-refractivity contribution in [3.05, 3.63) is 70.7 Å². The van der Waals surface area contributed by atoms with Crippen molar-refractivity contribution in [1.29, 1.82) is 0 Å². The van der Waals surface area contributed by atoms with Crippen molar-refractivity contribution >= 4 is 43.9 Å². The standard InChI is InChI=1S/C18H13N3O2S2/c22-17(21-18-20-15-3-1-2-4-16(15)25-18)12-5-7-14(8-6-12)23-9-13-10-24-11-19-13/h1-8,10-11H,9H2,(H,20,21,22). The second-order valence-corrected chi connectivity index (χ2v) is 6.98. The van der Waals surface area contributed by atoms with Gasteiger partial charge in [0.15, 0.2) is 5.13 Å². The van der Waals surface area contributed by atoms with Gasteiger partial charge < -0.3 is 4.74 Å². The van der Waals surface area contributed by atoms with E-state index in [4.69, 9.17) is 4.74 Å². The summed E-state index contributed by atoms with van der Waals surface area (Å²) in [5.74, 6) is 0.509. The summed E-state index contributed by atoms with van der Waals surface area (Å²) < 4.78 is 6.69. The molecule has 0 fully saturated rings. The third-order valence-corrected chi connectivity index (χ3v) is 5.09. The molecule has 2 heterocycles. The van der Waals surface area contributed by atoms with E-state index in [-0.39, 0.29) is 5.91 Å². The molecule has 7 heteroatoms. The Morgan fingerprint density at radius 3 is 2.72 bits per heavy atom. The number of fused-ring (bicyclic) bond motifs is 1. The Balaban J connectivity index is 1.41. The topological polar surface area (TPSA) is 64.1 Å². The number of anilines is 1. The smallest absolute Gasteiger partial charge is 0.257 e. The lowest BCUT2D eigenvalue weighted by Gasteiger charge is -2.06. The van der Waals surface area contributed by atoms with Crippen LogP contribution in [0.3, 0.4) is 0 Å². The van der Waals surface area contributed by atoms with Crippen molar-refractivity contribution in [3.63, 3.8) is 0 Å². The Hall–Kier alpha value is -2.77. The van der Waals surface area contributed by atoms with E-state index in [1.807, 2.05) is 29.6 Å². The van der Waals surface area contributed by atoms with Crippen LogP contribution >= 0.6 is 22.7 Å². The van der Waals surface area contributed by atoms with Gasteiger partial charge in [-0.25, -0.2) is 9.97 Å². The van der Waals surface area contributed by atoms with Gasteiger partial charge >= 0.3 is 0 Å². The summed E-state index contributed by atoms with van der Waals surface area (Å²) in [4.78, 5) is 20.9. The molecule has 0 aliphatic carbocycles. The van der Waals surface area contributed by atoms with Crippen LogP contribution in [0.5, 0.6) is 5.75 Å². The molecule has 0 saturated carbocycles. The summed E-state index contributed by atoms with van der Waals surface area (Å²) in [6.45, 7) is 0.417. The normalized spacial score (nSPS) is 10.7. The lowest BCUT2D eigenvalue weighted by atomic mass is 10.2. The highest BCUT2D eigenvalue weighted by Gasteiger charge is 2.10. The molecule has 0 unspecified atom stereocenters. The van der Waals surface area contributed by atoms with Crippen molar-refractivity contribution in [3.8, 4) is 5.75 Å². The molecule has 0 aliphatic heterocycles. The molecule has 5 nitrogen and oxygen atoms in total. The highest BCUT2D eigenvalue weighted by molar-refractivity contribution is 7.22. The zero-order valence-electron chi connectivity index (χ0n) is 13.0. The molecule has 25 heavy (non-hydrogen) atoms. The molecule has 0 radical (unpaired) electrons. The van der Waals surface area contributed by atoms with E-state index < -0.39 is 0 Å². The van der Waals surface area contributed by atoms with E-state index in [2.05, 4.69) is 15.3 Å². The monoisotopic (exact) mass is 367 g/mol. The van der Waals surface area contributed by atoms with Gasteiger partial charge in [-0.1, -0.05) is 23.5 Å². The molecule has 2 aromatic heterocycles. The number of nitrogens with one attached hydrogen (secondary N) is 1. The molecule has 0 saturated heterocycles. The van der Waals surface area contributed by atoms with Crippen molar-refractivity contribution in [2.45, 2.75) is 6.61 Å². The zero-order valence-corrected chi connectivity index (χ0v) is 14.6. The first-order chi connectivity index (χ1) is 12.3. The summed E-state index contributed by atoms with van der Waals surface area (Å²) in [5, 5.41) is 5.38. The number of carbonyl (C=O) groups excluding carboxylic acids is 1. The first kappa shape index (κ1) is 15.7. The average Bonchev–Trinajstić information content (AvgIpc) is 3.29. The number of carbonyl (C=O) groups is 1. The van der Waals surface area contributed by atoms with Gasteiger partial charge in [0, 0.05) is 10.9 Å². The molecule has 0 atom stereocenters. The van der Waals surface area contributed by atoms with Gasteiger partial charge in [-0.15, -0.1) is 11.3 Å². The van der Waals surface area contributed by atoms with E-state index in [1.54, 1.807) is 29.8 Å². The number of nitrogens with zero attached hydrogens (tertiary/aromatic N) is 2. The van der Waals surface area contributed by atoms with Crippen LogP contribution in [0.15, 0.2) is 59.4 Å². The van der Waals surface area contributed by atoms with Crippen LogP contribution in [-0.2, 0) is 6.61 Å². The molecule has 1 amide bonds. The van der Waals surface area contributed by atoms with Crippen molar-refractivity contribution in [1.82, 2.24) is 9.97 Å². The highest BCUT2D eigenvalue weighted by atomic mass is 32.1. The van der Waals surface area contributed by atoms with Crippen LogP contribution in [0, 0.1) is 0 Å². The van der Waals surface area contributed by atoms with Crippen molar-refractivity contribution in [2.75, 3.05) is 5.32 Å². The maximum absolute atomic E-state index is 12.4. The van der Waals surface area contributed by atoms with E-state index in [9.17, 15) is 4.79 Å². The molecule has 1 N–H and O–H groups in total. The van der Waals surface area contributed by atoms with Crippen LogP contribution in [0.2, 0.25) is 0 Å². The first-order valence-corrected chi connectivity index (χ1v) is 9.31. The number of hydrogen-bond acceptors (Lipinski definition) is 6. The van der Waals surface area contributed by atoms with Crippen molar-refractivity contribution in [2.24, 2.45) is 0 Å². The number of thiazole rings is 2. The third-order valence-electron chi connectivity index (χ3n) is 3.50. The van der Waals surface area contributed by atoms with Gasteiger partial charge in [-0.3, -0.25) is 10.1 Å². The lowest BCUT2D eigenvalue weighted by molar-refractivity contribution is 0.102. The van der Waals surface area contributed by atoms with E-state index in [0.717, 1.165) is 15.9 Å². The van der Waals surface area contributed by atoms with Gasteiger partial charge in [0.1, 0.15) is 12.4 Å². The lowest BCUT2D eigenvalue weighted by Crippen LogP contribution is -2.11. The zero-order chi connectivity index (χ0) is 17.1. The minimum absolute atomic E-state index is 0.190.